The predicted octanol–water partition coefficient (Wildman–Crippen LogP) is 5.86. The Hall–Kier alpha value is -4.62. The van der Waals surface area contributed by atoms with Gasteiger partial charge in [-0.1, -0.05) is 0 Å². The van der Waals surface area contributed by atoms with E-state index in [4.69, 9.17) is 20.9 Å². The SMILES string of the molecule is Nc1ccc(OC2(Oc3ccc(N)c(O)c3)C(F)=C(F)C(c3cc(F)c(F)c(F)c3F)=C(F)C2F)cc1O. The highest BCUT2D eigenvalue weighted by Gasteiger charge is 2.58. The normalized spacial score (nSPS) is 17.1. The number of nitrogen functional groups attached to an aromatic ring is 2. The first-order chi connectivity index (χ1) is 17.8. The third kappa shape index (κ3) is 4.17. The number of phenols is 2. The van der Waals surface area contributed by atoms with E-state index in [1.165, 1.54) is 0 Å². The maximum atomic E-state index is 15.7. The molecule has 6 nitrogen and oxygen atoms in total. The molecule has 6 N–H and O–H groups in total. The van der Waals surface area contributed by atoms with Crippen LogP contribution >= 0.6 is 0 Å². The molecule has 200 valence electrons. The van der Waals surface area contributed by atoms with Gasteiger partial charge in [0.2, 0.25) is 12.0 Å². The van der Waals surface area contributed by atoms with Crippen molar-refractivity contribution in [1.29, 1.82) is 0 Å². The Labute approximate surface area is 207 Å². The molecule has 38 heavy (non-hydrogen) atoms. The van der Waals surface area contributed by atoms with Crippen molar-refractivity contribution < 1.29 is 54.8 Å². The molecule has 0 fully saturated rings. The van der Waals surface area contributed by atoms with Gasteiger partial charge in [0, 0.05) is 17.7 Å². The number of rotatable bonds is 5. The molecule has 1 atom stereocenters. The fourth-order valence-corrected chi connectivity index (χ4v) is 3.51. The minimum atomic E-state index is -3.74. The number of aromatic hydroxyl groups is 2. The van der Waals surface area contributed by atoms with E-state index >= 15 is 17.6 Å². The predicted molar refractivity (Wildman–Crippen MR) is 117 cm³/mol. The number of anilines is 2. The largest absolute Gasteiger partial charge is 0.506 e. The Bertz CT molecular complexity index is 1470. The van der Waals surface area contributed by atoms with E-state index in [1.54, 1.807) is 0 Å². The summed E-state index contributed by atoms with van der Waals surface area (Å²) in [5.74, 6) is -22.9. The van der Waals surface area contributed by atoms with E-state index in [-0.39, 0.29) is 17.4 Å². The van der Waals surface area contributed by atoms with Gasteiger partial charge < -0.3 is 31.2 Å². The molecule has 0 heterocycles. The van der Waals surface area contributed by atoms with Crippen LogP contribution in [-0.4, -0.2) is 22.2 Å². The molecule has 3 aromatic rings. The molecule has 4 rings (SSSR count). The third-order valence-electron chi connectivity index (χ3n) is 5.43. The van der Waals surface area contributed by atoms with E-state index in [0.717, 1.165) is 24.3 Å². The van der Waals surface area contributed by atoms with E-state index in [0.29, 0.717) is 12.1 Å². The first-order valence-electron chi connectivity index (χ1n) is 10.3. The van der Waals surface area contributed by atoms with Crippen LogP contribution in [0.15, 0.2) is 59.9 Å². The maximum Gasteiger partial charge on any atom is 0.346 e. The molecule has 0 spiro atoms. The van der Waals surface area contributed by atoms with Crippen molar-refractivity contribution in [3.63, 3.8) is 0 Å². The third-order valence-corrected chi connectivity index (χ3v) is 5.43. The molecule has 0 saturated carbocycles. The fourth-order valence-electron chi connectivity index (χ4n) is 3.51. The van der Waals surface area contributed by atoms with Crippen LogP contribution in [0.1, 0.15) is 5.56 Å². The van der Waals surface area contributed by atoms with Crippen LogP contribution in [0.5, 0.6) is 23.0 Å². The van der Waals surface area contributed by atoms with Gasteiger partial charge in [0.1, 0.15) is 23.0 Å². The molecule has 14 heteroatoms. The number of alkyl halides is 1. The number of nitrogens with two attached hydrogens (primary N) is 2. The van der Waals surface area contributed by atoms with Gasteiger partial charge in [-0.3, -0.25) is 0 Å². The molecule has 0 radical (unpaired) electrons. The van der Waals surface area contributed by atoms with E-state index in [1.807, 2.05) is 0 Å². The van der Waals surface area contributed by atoms with Crippen molar-refractivity contribution >= 4 is 16.9 Å². The summed E-state index contributed by atoms with van der Waals surface area (Å²) in [7, 11) is 0. The Morgan fingerprint density at radius 2 is 1.21 bits per heavy atom. The van der Waals surface area contributed by atoms with Crippen LogP contribution in [0.3, 0.4) is 0 Å². The van der Waals surface area contributed by atoms with Gasteiger partial charge in [-0.25, -0.2) is 30.7 Å². The number of allylic oxidation sites excluding steroid dienone is 2. The van der Waals surface area contributed by atoms with Gasteiger partial charge in [0.25, 0.3) is 0 Å². The lowest BCUT2D eigenvalue weighted by Gasteiger charge is -2.38. The average Bonchev–Trinajstić information content (AvgIpc) is 2.87. The average molecular weight is 546 g/mol. The van der Waals surface area contributed by atoms with Gasteiger partial charge in [-0.15, -0.1) is 0 Å². The zero-order valence-electron chi connectivity index (χ0n) is 18.5. The van der Waals surface area contributed by atoms with Crippen molar-refractivity contribution in [2.75, 3.05) is 11.5 Å². The first kappa shape index (κ1) is 26.4. The van der Waals surface area contributed by atoms with Crippen molar-refractivity contribution in [2.45, 2.75) is 12.0 Å². The van der Waals surface area contributed by atoms with Crippen LogP contribution in [0.2, 0.25) is 0 Å². The Balaban J connectivity index is 1.94. The number of hydrogen-bond donors (Lipinski definition) is 4. The molecule has 1 unspecified atom stereocenters. The van der Waals surface area contributed by atoms with Gasteiger partial charge in [-0.05, 0) is 30.3 Å². The molecule has 1 aliphatic carbocycles. The Morgan fingerprint density at radius 1 is 0.711 bits per heavy atom. The van der Waals surface area contributed by atoms with Crippen molar-refractivity contribution in [1.82, 2.24) is 0 Å². The summed E-state index contributed by atoms with van der Waals surface area (Å²) >= 11 is 0. The molecule has 0 saturated heterocycles. The van der Waals surface area contributed by atoms with Crippen molar-refractivity contribution in [2.24, 2.45) is 0 Å². The summed E-state index contributed by atoms with van der Waals surface area (Å²) in [5.41, 5.74) is 6.86. The highest BCUT2D eigenvalue weighted by Crippen LogP contribution is 2.49. The number of halogens is 8. The smallest absolute Gasteiger partial charge is 0.346 e. The molecule has 0 aliphatic heterocycles. The Morgan fingerprint density at radius 3 is 1.68 bits per heavy atom. The molecular weight excluding hydrogens is 532 g/mol. The van der Waals surface area contributed by atoms with E-state index < -0.39 is 86.8 Å². The number of hydrogen-bond acceptors (Lipinski definition) is 6. The molecule has 3 aromatic carbocycles. The second kappa shape index (κ2) is 9.36. The fraction of sp³-hybridized carbons (Fsp3) is 0.0833. The second-order valence-corrected chi connectivity index (χ2v) is 7.87. The highest BCUT2D eigenvalue weighted by molar-refractivity contribution is 5.82. The standard InChI is InChI=1S/C24H14F8N2O4/c25-11-7-10(17(26)21(30)18(11)27)16-19(28)22(31)24(23(32)20(16)29,37-8-1-3-12(33)14(35)5-8)38-9-2-4-13(34)15(36)6-9/h1-7,22,35-36H,33-34H2. The van der Waals surface area contributed by atoms with Crippen molar-refractivity contribution in [3.05, 3.63) is 88.8 Å². The summed E-state index contributed by atoms with van der Waals surface area (Å²) < 4.78 is 127. The Kier molecular flexibility index (Phi) is 6.51. The minimum Gasteiger partial charge on any atom is -0.506 e. The summed E-state index contributed by atoms with van der Waals surface area (Å²) in [6, 6.07) is 5.07. The quantitative estimate of drug-likeness (QED) is 0.0798. The summed E-state index contributed by atoms with van der Waals surface area (Å²) in [5, 5.41) is 19.6. The van der Waals surface area contributed by atoms with Crippen LogP contribution in [0.4, 0.5) is 46.5 Å². The molecule has 1 aliphatic rings. The van der Waals surface area contributed by atoms with Crippen molar-refractivity contribution in [3.8, 4) is 23.0 Å². The van der Waals surface area contributed by atoms with Crippen LogP contribution in [0.25, 0.3) is 5.57 Å². The summed E-state index contributed by atoms with van der Waals surface area (Å²) in [6.07, 6.45) is -3.54. The van der Waals surface area contributed by atoms with Crippen LogP contribution < -0.4 is 20.9 Å². The van der Waals surface area contributed by atoms with E-state index in [9.17, 15) is 27.8 Å². The molecule has 0 amide bonds. The monoisotopic (exact) mass is 546 g/mol. The minimum absolute atomic E-state index is 0.201. The summed E-state index contributed by atoms with van der Waals surface area (Å²) in [4.78, 5) is 0. The number of benzene rings is 3. The lowest BCUT2D eigenvalue weighted by atomic mass is 9.91. The highest BCUT2D eigenvalue weighted by atomic mass is 19.2. The van der Waals surface area contributed by atoms with Gasteiger partial charge in [0.05, 0.1) is 16.9 Å². The molecular formula is C24H14F8N2O4. The lowest BCUT2D eigenvalue weighted by molar-refractivity contribution is -0.143. The van der Waals surface area contributed by atoms with Gasteiger partial charge in [-0.2, -0.15) is 4.39 Å². The zero-order valence-corrected chi connectivity index (χ0v) is 18.5. The molecule has 0 aromatic heterocycles. The maximum absolute atomic E-state index is 15.7. The van der Waals surface area contributed by atoms with Crippen LogP contribution in [-0.2, 0) is 0 Å². The number of phenolic OH excluding ortho intramolecular Hbond substituents is 2. The van der Waals surface area contributed by atoms with Crippen LogP contribution in [0, 0.1) is 23.3 Å². The van der Waals surface area contributed by atoms with Gasteiger partial charge in [0.15, 0.2) is 34.9 Å². The number of ether oxygens (including phenoxy) is 2. The molecule has 0 bridgehead atoms. The lowest BCUT2D eigenvalue weighted by Crippen LogP contribution is -2.54. The zero-order chi connectivity index (χ0) is 28.1. The summed E-state index contributed by atoms with van der Waals surface area (Å²) in [6.45, 7) is 0. The van der Waals surface area contributed by atoms with E-state index in [2.05, 4.69) is 0 Å². The topological polar surface area (TPSA) is 111 Å². The first-order valence-corrected chi connectivity index (χ1v) is 10.3. The second-order valence-electron chi connectivity index (χ2n) is 7.87. The van der Waals surface area contributed by atoms with Gasteiger partial charge >= 0.3 is 5.79 Å².